The Morgan fingerprint density at radius 1 is 0.962 bits per heavy atom. The molecular weight excluding hydrogens is 328 g/mol. The van der Waals surface area contributed by atoms with Crippen LogP contribution in [0.25, 0.3) is 0 Å². The van der Waals surface area contributed by atoms with Gasteiger partial charge in [-0.05, 0) is 45.7 Å². The van der Waals surface area contributed by atoms with Crippen molar-refractivity contribution in [3.63, 3.8) is 0 Å². The number of ether oxygens (including phenoxy) is 2. The van der Waals surface area contributed by atoms with Gasteiger partial charge in [-0.3, -0.25) is 9.89 Å². The Hall–Kier alpha value is -0.850. The lowest BCUT2D eigenvalue weighted by Crippen LogP contribution is -2.54. The highest BCUT2D eigenvalue weighted by molar-refractivity contribution is 5.79. The molecule has 0 bridgehead atoms. The zero-order valence-corrected chi connectivity index (χ0v) is 17.0. The van der Waals surface area contributed by atoms with Crippen LogP contribution in [-0.4, -0.2) is 76.1 Å². The molecular formula is C20H40N4O2. The van der Waals surface area contributed by atoms with Crippen LogP contribution < -0.4 is 10.6 Å². The van der Waals surface area contributed by atoms with Crippen LogP contribution in [0, 0.1) is 0 Å². The third-order valence-electron chi connectivity index (χ3n) is 5.66. The second-order valence-electron chi connectivity index (χ2n) is 7.56. The number of guanidine groups is 1. The molecule has 0 spiro atoms. The maximum absolute atomic E-state index is 5.53. The summed E-state index contributed by atoms with van der Waals surface area (Å²) in [4.78, 5) is 7.75. The summed E-state index contributed by atoms with van der Waals surface area (Å²) in [6, 6.07) is 0. The van der Waals surface area contributed by atoms with Crippen LogP contribution in [0.5, 0.6) is 0 Å². The molecule has 0 aromatic carbocycles. The second-order valence-corrected chi connectivity index (χ2v) is 7.56. The minimum atomic E-state index is 0.288. The fraction of sp³-hybridized carbons (Fsp3) is 0.950. The van der Waals surface area contributed by atoms with Crippen molar-refractivity contribution in [2.24, 2.45) is 4.99 Å². The Kier molecular flexibility index (Phi) is 10.3. The van der Waals surface area contributed by atoms with Crippen molar-refractivity contribution in [3.05, 3.63) is 0 Å². The Morgan fingerprint density at radius 3 is 2.38 bits per heavy atom. The normalized spacial score (nSPS) is 21.5. The van der Waals surface area contributed by atoms with Crippen molar-refractivity contribution >= 4 is 5.96 Å². The molecule has 0 aromatic rings. The van der Waals surface area contributed by atoms with Crippen molar-refractivity contribution in [2.45, 2.75) is 63.8 Å². The van der Waals surface area contributed by atoms with E-state index in [1.807, 2.05) is 0 Å². The molecule has 0 radical (unpaired) electrons. The number of rotatable bonds is 10. The van der Waals surface area contributed by atoms with Gasteiger partial charge in [0, 0.05) is 25.7 Å². The van der Waals surface area contributed by atoms with Crippen LogP contribution in [0.3, 0.4) is 0 Å². The van der Waals surface area contributed by atoms with Gasteiger partial charge < -0.3 is 20.1 Å². The van der Waals surface area contributed by atoms with E-state index in [1.54, 1.807) is 7.11 Å². The van der Waals surface area contributed by atoms with Crippen LogP contribution >= 0.6 is 0 Å². The minimum absolute atomic E-state index is 0.288. The first-order valence-corrected chi connectivity index (χ1v) is 10.6. The maximum Gasteiger partial charge on any atom is 0.191 e. The van der Waals surface area contributed by atoms with E-state index in [-0.39, 0.29) is 5.54 Å². The van der Waals surface area contributed by atoms with Crippen molar-refractivity contribution in [1.82, 2.24) is 15.5 Å². The molecule has 2 N–H and O–H groups in total. The lowest BCUT2D eigenvalue weighted by atomic mass is 9.79. The van der Waals surface area contributed by atoms with Crippen LogP contribution in [0.2, 0.25) is 0 Å². The Balaban J connectivity index is 1.88. The van der Waals surface area contributed by atoms with Crippen molar-refractivity contribution in [1.29, 1.82) is 0 Å². The van der Waals surface area contributed by atoms with Crippen LogP contribution in [0.15, 0.2) is 4.99 Å². The van der Waals surface area contributed by atoms with Crippen molar-refractivity contribution < 1.29 is 9.47 Å². The van der Waals surface area contributed by atoms with E-state index < -0.39 is 0 Å². The zero-order valence-electron chi connectivity index (χ0n) is 17.0. The summed E-state index contributed by atoms with van der Waals surface area (Å²) in [5, 5.41) is 6.80. The van der Waals surface area contributed by atoms with E-state index in [1.165, 1.54) is 64.5 Å². The highest BCUT2D eigenvalue weighted by Crippen LogP contribution is 2.35. The molecule has 26 heavy (non-hydrogen) atoms. The lowest BCUT2D eigenvalue weighted by Gasteiger charge is -2.47. The summed E-state index contributed by atoms with van der Waals surface area (Å²) in [6.45, 7) is 9.15. The van der Waals surface area contributed by atoms with Crippen molar-refractivity contribution in [3.8, 4) is 0 Å². The molecule has 152 valence electrons. The zero-order chi connectivity index (χ0) is 18.5. The number of piperidine rings is 1. The van der Waals surface area contributed by atoms with Gasteiger partial charge in [0.2, 0.25) is 0 Å². The molecule has 0 aromatic heterocycles. The molecule has 2 rings (SSSR count). The van der Waals surface area contributed by atoms with Gasteiger partial charge in [0.15, 0.2) is 5.96 Å². The molecule has 0 atom stereocenters. The lowest BCUT2D eigenvalue weighted by molar-refractivity contribution is 0.0407. The van der Waals surface area contributed by atoms with E-state index in [4.69, 9.17) is 14.5 Å². The molecule has 1 heterocycles. The van der Waals surface area contributed by atoms with Crippen molar-refractivity contribution in [2.75, 3.05) is 59.7 Å². The smallest absolute Gasteiger partial charge is 0.191 e. The largest absolute Gasteiger partial charge is 0.382 e. The van der Waals surface area contributed by atoms with Gasteiger partial charge in [0.1, 0.15) is 0 Å². The molecule has 1 aliphatic heterocycles. The highest BCUT2D eigenvalue weighted by atomic mass is 16.5. The fourth-order valence-electron chi connectivity index (χ4n) is 4.21. The first-order valence-electron chi connectivity index (χ1n) is 10.6. The van der Waals surface area contributed by atoms with E-state index >= 15 is 0 Å². The van der Waals surface area contributed by atoms with E-state index in [2.05, 4.69) is 22.5 Å². The Bertz CT molecular complexity index is 391. The molecule has 1 saturated heterocycles. The van der Waals surface area contributed by atoms with Crippen LogP contribution in [0.4, 0.5) is 0 Å². The number of methoxy groups -OCH3 is 1. The van der Waals surface area contributed by atoms with Gasteiger partial charge in [-0.15, -0.1) is 0 Å². The van der Waals surface area contributed by atoms with Crippen LogP contribution in [-0.2, 0) is 9.47 Å². The third kappa shape index (κ3) is 7.05. The number of aliphatic imine (C=N–C) groups is 1. The number of hydrogen-bond acceptors (Lipinski definition) is 4. The molecule has 2 fully saturated rings. The van der Waals surface area contributed by atoms with Gasteiger partial charge in [-0.25, -0.2) is 0 Å². The summed E-state index contributed by atoms with van der Waals surface area (Å²) < 4.78 is 10.5. The molecule has 6 nitrogen and oxygen atoms in total. The van der Waals surface area contributed by atoms with E-state index in [0.29, 0.717) is 19.8 Å². The van der Waals surface area contributed by atoms with Gasteiger partial charge in [0.25, 0.3) is 0 Å². The molecule has 6 heteroatoms. The summed E-state index contributed by atoms with van der Waals surface area (Å²) in [6.07, 6.45) is 10.8. The van der Waals surface area contributed by atoms with E-state index in [9.17, 15) is 0 Å². The summed E-state index contributed by atoms with van der Waals surface area (Å²) in [5.74, 6) is 0.921. The second kappa shape index (κ2) is 12.5. The predicted molar refractivity (Wildman–Crippen MR) is 108 cm³/mol. The molecule has 1 saturated carbocycles. The number of hydrogen-bond donors (Lipinski definition) is 2. The Labute approximate surface area is 160 Å². The van der Waals surface area contributed by atoms with Crippen LogP contribution in [0.1, 0.15) is 58.3 Å². The average molecular weight is 369 g/mol. The topological polar surface area (TPSA) is 58.1 Å². The Morgan fingerprint density at radius 2 is 1.69 bits per heavy atom. The SMILES string of the molecule is CCNC(=NCC1(N2CCCCC2)CCCCC1)NCCOCCOC. The quantitative estimate of drug-likeness (QED) is 0.352. The molecule has 0 unspecified atom stereocenters. The molecule has 0 amide bonds. The van der Waals surface area contributed by atoms with Gasteiger partial charge in [0.05, 0.1) is 26.4 Å². The van der Waals surface area contributed by atoms with E-state index in [0.717, 1.165) is 25.6 Å². The first kappa shape index (κ1) is 21.5. The number of likely N-dealkylation sites (tertiary alicyclic amines) is 1. The maximum atomic E-state index is 5.53. The van der Waals surface area contributed by atoms with Gasteiger partial charge in [-0.2, -0.15) is 0 Å². The fourth-order valence-corrected chi connectivity index (χ4v) is 4.21. The van der Waals surface area contributed by atoms with Gasteiger partial charge >= 0.3 is 0 Å². The number of nitrogens with zero attached hydrogens (tertiary/aromatic N) is 2. The standard InChI is InChI=1S/C20H40N4O2/c1-3-21-19(22-12-15-26-17-16-25-2)23-18-20(10-6-4-7-11-20)24-13-8-5-9-14-24/h3-18H2,1-2H3,(H2,21,22,23). The third-order valence-corrected chi connectivity index (χ3v) is 5.66. The number of nitrogens with one attached hydrogen (secondary N) is 2. The monoisotopic (exact) mass is 368 g/mol. The van der Waals surface area contributed by atoms with Gasteiger partial charge in [-0.1, -0.05) is 25.7 Å². The predicted octanol–water partition coefficient (Wildman–Crippen LogP) is 2.39. The average Bonchev–Trinajstić information content (AvgIpc) is 2.70. The first-order chi connectivity index (χ1) is 12.8. The summed E-state index contributed by atoms with van der Waals surface area (Å²) in [7, 11) is 1.70. The summed E-state index contributed by atoms with van der Waals surface area (Å²) >= 11 is 0. The minimum Gasteiger partial charge on any atom is -0.382 e. The highest BCUT2D eigenvalue weighted by Gasteiger charge is 2.38. The molecule has 2 aliphatic rings. The molecule has 1 aliphatic carbocycles. The summed E-state index contributed by atoms with van der Waals surface area (Å²) in [5.41, 5.74) is 0.288.